The van der Waals surface area contributed by atoms with Crippen molar-refractivity contribution in [2.45, 2.75) is 18.2 Å². The number of nitrogens with zero attached hydrogens (tertiary/aromatic N) is 2. The Hall–Kier alpha value is -0.990. The number of piperazine rings is 3. The molecule has 0 spiro atoms. The van der Waals surface area contributed by atoms with Gasteiger partial charge in [-0.3, -0.25) is 9.08 Å². The maximum Gasteiger partial charge on any atom is 0.296 e. The van der Waals surface area contributed by atoms with Crippen LogP contribution in [0.1, 0.15) is 12.0 Å². The van der Waals surface area contributed by atoms with Gasteiger partial charge in [0.15, 0.2) is 0 Å². The largest absolute Gasteiger partial charge is 0.384 e. The Labute approximate surface area is 152 Å². The van der Waals surface area contributed by atoms with E-state index < -0.39 is 10.1 Å². The zero-order valence-corrected chi connectivity index (χ0v) is 16.4. The van der Waals surface area contributed by atoms with Gasteiger partial charge in [-0.2, -0.15) is 8.42 Å². The van der Waals surface area contributed by atoms with Gasteiger partial charge in [-0.15, -0.1) is 0 Å². The SMILES string of the molecule is COCCC[N+]12CCN(CC1)CC2.COS(=O)(=O)c1ccc(C)cc1. The average Bonchev–Trinajstić information content (AvgIpc) is 2.64. The quantitative estimate of drug-likeness (QED) is 0.431. The molecule has 7 heteroatoms. The Morgan fingerprint density at radius 1 is 1.04 bits per heavy atom. The summed E-state index contributed by atoms with van der Waals surface area (Å²) in [5, 5.41) is 0. The van der Waals surface area contributed by atoms with Crippen LogP contribution in [0.5, 0.6) is 0 Å². The molecule has 3 aliphatic heterocycles. The molecular formula is C18H31N2O4S+. The third-order valence-electron chi connectivity index (χ3n) is 5.18. The van der Waals surface area contributed by atoms with Crippen LogP contribution >= 0.6 is 0 Å². The van der Waals surface area contributed by atoms with E-state index >= 15 is 0 Å². The number of rotatable bonds is 6. The van der Waals surface area contributed by atoms with Crippen molar-refractivity contribution in [2.24, 2.45) is 0 Å². The fourth-order valence-electron chi connectivity index (χ4n) is 3.41. The fourth-order valence-corrected chi connectivity index (χ4v) is 4.07. The minimum Gasteiger partial charge on any atom is -0.384 e. The van der Waals surface area contributed by atoms with Crippen LogP contribution in [-0.2, 0) is 19.0 Å². The summed E-state index contributed by atoms with van der Waals surface area (Å²) in [6.07, 6.45) is 1.23. The van der Waals surface area contributed by atoms with Crippen LogP contribution in [0.3, 0.4) is 0 Å². The Morgan fingerprint density at radius 2 is 1.60 bits per heavy atom. The van der Waals surface area contributed by atoms with Crippen LogP contribution in [0.25, 0.3) is 0 Å². The van der Waals surface area contributed by atoms with E-state index in [-0.39, 0.29) is 4.90 Å². The normalized spacial score (nSPS) is 25.3. The van der Waals surface area contributed by atoms with E-state index in [0.29, 0.717) is 0 Å². The molecule has 0 amide bonds. The number of benzene rings is 1. The topological polar surface area (TPSA) is 55.8 Å². The van der Waals surface area contributed by atoms with E-state index in [1.165, 1.54) is 68.8 Å². The van der Waals surface area contributed by atoms with Crippen LogP contribution in [0.4, 0.5) is 0 Å². The summed E-state index contributed by atoms with van der Waals surface area (Å²) >= 11 is 0. The lowest BCUT2D eigenvalue weighted by Gasteiger charge is -2.50. The first kappa shape index (κ1) is 20.3. The second kappa shape index (κ2) is 9.09. The molecule has 1 aromatic rings. The van der Waals surface area contributed by atoms with Gasteiger partial charge >= 0.3 is 0 Å². The molecule has 0 unspecified atom stereocenters. The van der Waals surface area contributed by atoms with E-state index in [4.69, 9.17) is 4.74 Å². The predicted octanol–water partition coefficient (Wildman–Crippen LogP) is 1.50. The second-order valence-corrected chi connectivity index (χ2v) is 8.57. The van der Waals surface area contributed by atoms with E-state index in [2.05, 4.69) is 9.08 Å². The Morgan fingerprint density at radius 3 is 2.08 bits per heavy atom. The number of quaternary nitrogens is 1. The summed E-state index contributed by atoms with van der Waals surface area (Å²) in [6.45, 7) is 12.3. The number of hydrogen-bond donors (Lipinski definition) is 0. The van der Waals surface area contributed by atoms with Gasteiger partial charge in [0, 0.05) is 33.2 Å². The highest BCUT2D eigenvalue weighted by atomic mass is 32.2. The standard InChI is InChI=1S/C10H21N2O.C8H10O3S/c1-13-10-2-6-12-7-3-11(4-8-12)5-9-12;1-7-3-5-8(6-4-7)12(9,10)11-2/h2-10H2,1H3;3-6H,1-2H3/q+1;. The predicted molar refractivity (Wildman–Crippen MR) is 98.0 cm³/mol. The second-order valence-electron chi connectivity index (χ2n) is 6.86. The zero-order valence-electron chi connectivity index (χ0n) is 15.6. The highest BCUT2D eigenvalue weighted by Crippen LogP contribution is 2.19. The molecule has 0 saturated carbocycles. The molecule has 0 atom stereocenters. The van der Waals surface area contributed by atoms with Crippen molar-refractivity contribution < 1.29 is 21.8 Å². The van der Waals surface area contributed by atoms with Crippen molar-refractivity contribution in [3.05, 3.63) is 29.8 Å². The van der Waals surface area contributed by atoms with Crippen LogP contribution < -0.4 is 0 Å². The summed E-state index contributed by atoms with van der Waals surface area (Å²) < 4.78 is 33.0. The van der Waals surface area contributed by atoms with Gasteiger partial charge in [-0.05, 0) is 19.1 Å². The molecule has 0 aromatic heterocycles. The lowest BCUT2D eigenvalue weighted by molar-refractivity contribution is -0.941. The molecule has 25 heavy (non-hydrogen) atoms. The molecular weight excluding hydrogens is 340 g/mol. The van der Waals surface area contributed by atoms with E-state index in [9.17, 15) is 8.42 Å². The lowest BCUT2D eigenvalue weighted by atomic mass is 10.1. The smallest absolute Gasteiger partial charge is 0.296 e. The molecule has 4 rings (SSSR count). The molecule has 3 heterocycles. The van der Waals surface area contributed by atoms with Gasteiger partial charge in [0.2, 0.25) is 0 Å². The number of hydrogen-bond acceptors (Lipinski definition) is 5. The van der Waals surface area contributed by atoms with Crippen LogP contribution in [-0.4, -0.2) is 84.4 Å². The summed E-state index contributed by atoms with van der Waals surface area (Å²) in [4.78, 5) is 2.78. The monoisotopic (exact) mass is 371 g/mol. The van der Waals surface area contributed by atoms with Crippen molar-refractivity contribution in [2.75, 3.05) is 66.6 Å². The van der Waals surface area contributed by atoms with E-state index in [1.807, 2.05) is 6.92 Å². The Bertz CT molecular complexity index is 609. The third kappa shape index (κ3) is 5.76. The molecule has 0 N–H and O–H groups in total. The lowest BCUT2D eigenvalue weighted by Crippen LogP contribution is -2.67. The zero-order chi connectivity index (χ0) is 18.3. The molecule has 142 valence electrons. The van der Waals surface area contributed by atoms with Gasteiger partial charge in [0.25, 0.3) is 10.1 Å². The van der Waals surface area contributed by atoms with Gasteiger partial charge in [-0.25, -0.2) is 0 Å². The Kier molecular flexibility index (Phi) is 7.39. The van der Waals surface area contributed by atoms with E-state index in [0.717, 1.165) is 19.3 Å². The molecule has 6 nitrogen and oxygen atoms in total. The maximum atomic E-state index is 11.1. The van der Waals surface area contributed by atoms with E-state index in [1.54, 1.807) is 19.2 Å². The number of fused-ring (bicyclic) bond motifs is 3. The molecule has 1 aromatic carbocycles. The van der Waals surface area contributed by atoms with Gasteiger partial charge in [0.1, 0.15) is 0 Å². The molecule has 3 saturated heterocycles. The summed E-state index contributed by atoms with van der Waals surface area (Å²) in [5.74, 6) is 0. The summed E-state index contributed by atoms with van der Waals surface area (Å²) in [7, 11) is -0.567. The molecule has 2 bridgehead atoms. The highest BCUT2D eigenvalue weighted by molar-refractivity contribution is 7.86. The maximum absolute atomic E-state index is 11.1. The first-order valence-electron chi connectivity index (χ1n) is 8.84. The average molecular weight is 372 g/mol. The van der Waals surface area contributed by atoms with Crippen molar-refractivity contribution in [3.8, 4) is 0 Å². The molecule has 3 fully saturated rings. The van der Waals surface area contributed by atoms with Crippen LogP contribution in [0.15, 0.2) is 29.2 Å². The first-order chi connectivity index (χ1) is 11.9. The molecule has 0 aliphatic carbocycles. The number of methoxy groups -OCH3 is 1. The summed E-state index contributed by atoms with van der Waals surface area (Å²) in [6, 6.07) is 6.50. The minimum atomic E-state index is -3.51. The molecule has 3 aliphatic rings. The first-order valence-corrected chi connectivity index (χ1v) is 10.3. The summed E-state index contributed by atoms with van der Waals surface area (Å²) in [5.41, 5.74) is 1.02. The van der Waals surface area contributed by atoms with Crippen molar-refractivity contribution in [3.63, 3.8) is 0 Å². The molecule has 0 radical (unpaired) electrons. The number of ether oxygens (including phenoxy) is 1. The number of aryl methyl sites for hydroxylation is 1. The van der Waals surface area contributed by atoms with Crippen molar-refractivity contribution >= 4 is 10.1 Å². The fraction of sp³-hybridized carbons (Fsp3) is 0.667. The minimum absolute atomic E-state index is 0.190. The van der Waals surface area contributed by atoms with Crippen LogP contribution in [0, 0.1) is 6.92 Å². The van der Waals surface area contributed by atoms with Crippen LogP contribution in [0.2, 0.25) is 0 Å². The highest BCUT2D eigenvalue weighted by Gasteiger charge is 2.37. The van der Waals surface area contributed by atoms with Gasteiger partial charge < -0.3 is 9.22 Å². The van der Waals surface area contributed by atoms with Crippen molar-refractivity contribution in [1.29, 1.82) is 0 Å². The van der Waals surface area contributed by atoms with Gasteiger partial charge in [0.05, 0.1) is 44.8 Å². The van der Waals surface area contributed by atoms with Crippen molar-refractivity contribution in [1.82, 2.24) is 4.90 Å². The van der Waals surface area contributed by atoms with Gasteiger partial charge in [-0.1, -0.05) is 17.7 Å². The Balaban J connectivity index is 0.000000181. The third-order valence-corrected chi connectivity index (χ3v) is 6.47.